The van der Waals surface area contributed by atoms with E-state index in [2.05, 4.69) is 43.3 Å². The Bertz CT molecular complexity index is 297. The number of halogens is 2. The largest absolute Gasteiger partial charge is 1.00 e. The van der Waals surface area contributed by atoms with Gasteiger partial charge in [0.15, 0.2) is 0 Å². The first-order valence-electron chi connectivity index (χ1n) is 4.10. The molecule has 0 aliphatic heterocycles. The van der Waals surface area contributed by atoms with Gasteiger partial charge in [0.05, 0.1) is 0 Å². The molecule has 2 rings (SSSR count). The molecule has 0 saturated heterocycles. The molecule has 1 aliphatic carbocycles. The summed E-state index contributed by atoms with van der Waals surface area (Å²) in [6.45, 7) is 2.20. The van der Waals surface area contributed by atoms with Gasteiger partial charge in [-0.1, -0.05) is 37.5 Å². The van der Waals surface area contributed by atoms with E-state index in [1.165, 1.54) is 11.1 Å². The maximum absolute atomic E-state index is 3.35. The van der Waals surface area contributed by atoms with Gasteiger partial charge in [0.25, 0.3) is 0 Å². The zero-order valence-corrected chi connectivity index (χ0v) is 14.7. The molecule has 0 spiro atoms. The van der Waals surface area contributed by atoms with Gasteiger partial charge in [-0.15, -0.1) is 11.6 Å². The van der Waals surface area contributed by atoms with Gasteiger partial charge < -0.3 is 34.0 Å². The van der Waals surface area contributed by atoms with E-state index in [4.69, 9.17) is 0 Å². The van der Waals surface area contributed by atoms with E-state index in [9.17, 15) is 0 Å². The van der Waals surface area contributed by atoms with E-state index in [1.54, 1.807) is 0 Å². The van der Waals surface area contributed by atoms with Gasteiger partial charge in [-0.2, -0.15) is 5.56 Å². The van der Waals surface area contributed by atoms with Crippen molar-refractivity contribution in [2.45, 2.75) is 19.3 Å². The molecule has 0 saturated carbocycles. The molecule has 76 valence electrons. The average Bonchev–Trinajstić information content (AvgIpc) is 2.47. The minimum atomic E-state index is 0. The number of hydrogen-bond donors (Lipinski definition) is 0. The van der Waals surface area contributed by atoms with Crippen molar-refractivity contribution < 1.29 is 59.8 Å². The third-order valence-corrected chi connectivity index (χ3v) is 2.22. The van der Waals surface area contributed by atoms with E-state index in [1.807, 2.05) is 0 Å². The minimum absolute atomic E-state index is 0. The normalized spacial score (nSPS) is 15.9. The van der Waals surface area contributed by atoms with Crippen LogP contribution in [0.3, 0.4) is 0 Å². The van der Waals surface area contributed by atoms with Crippen LogP contribution in [0, 0.1) is 6.08 Å². The van der Waals surface area contributed by atoms with Crippen molar-refractivity contribution in [1.29, 1.82) is 0 Å². The van der Waals surface area contributed by atoms with E-state index in [0.29, 0.717) is 5.92 Å². The van der Waals surface area contributed by atoms with Gasteiger partial charge >= 0.3 is 0 Å². The summed E-state index contributed by atoms with van der Waals surface area (Å²) in [4.78, 5) is 0. The van der Waals surface area contributed by atoms with Crippen molar-refractivity contribution in [3.05, 3.63) is 41.5 Å². The van der Waals surface area contributed by atoms with Crippen molar-refractivity contribution in [3.63, 3.8) is 0 Å². The molecule has 0 amide bonds. The number of benzene rings is 1. The van der Waals surface area contributed by atoms with Crippen LogP contribution in [0.1, 0.15) is 30.4 Å². The second kappa shape index (κ2) is 8.00. The molecule has 1 unspecified atom stereocenters. The first-order valence-corrected chi connectivity index (χ1v) is 4.10. The summed E-state index contributed by atoms with van der Waals surface area (Å²) in [7, 11) is 0. The van der Waals surface area contributed by atoms with Gasteiger partial charge in [0.2, 0.25) is 0 Å². The van der Waals surface area contributed by atoms with Crippen molar-refractivity contribution in [2.75, 3.05) is 0 Å². The quantitative estimate of drug-likeness (QED) is 0.297. The molecule has 0 nitrogen and oxygen atoms in total. The molecule has 1 aromatic rings. The van der Waals surface area contributed by atoms with Crippen LogP contribution in [0.2, 0.25) is 0 Å². The van der Waals surface area contributed by atoms with Crippen LogP contribution >= 0.6 is 0 Å². The molecule has 0 heterocycles. The maximum atomic E-state index is 3.35. The molecule has 3 heteroatoms. The van der Waals surface area contributed by atoms with Crippen LogP contribution in [0.15, 0.2) is 24.3 Å². The maximum Gasteiger partial charge on any atom is 0 e. The Hall–Kier alpha value is 0.790. The Labute approximate surface area is 125 Å². The molecule has 1 aromatic carbocycles. The fraction of sp³-hybridized carbons (Fsp3) is 0.273. The first kappa shape index (κ1) is 17.2. The molecular weight excluding hydrogens is 470 g/mol. The van der Waals surface area contributed by atoms with Gasteiger partial charge in [0, 0.05) is 25.8 Å². The first-order chi connectivity index (χ1) is 5.42. The Kier molecular flexibility index (Phi) is 9.83. The zero-order valence-electron chi connectivity index (χ0n) is 7.93. The Morgan fingerprint density at radius 1 is 1.21 bits per heavy atom. The molecular formula is C11H11Br2Hf-3. The fourth-order valence-electron chi connectivity index (χ4n) is 1.58. The monoisotopic (exact) mass is 481 g/mol. The van der Waals surface area contributed by atoms with Crippen LogP contribution in [0.5, 0.6) is 0 Å². The van der Waals surface area contributed by atoms with Crippen LogP contribution in [-0.4, -0.2) is 0 Å². The number of rotatable bonds is 1. The van der Waals surface area contributed by atoms with Crippen molar-refractivity contribution in [1.82, 2.24) is 0 Å². The van der Waals surface area contributed by atoms with Crippen LogP contribution in [0.25, 0.3) is 6.08 Å². The summed E-state index contributed by atoms with van der Waals surface area (Å²) in [6, 6.07) is 8.52. The van der Waals surface area contributed by atoms with Crippen molar-refractivity contribution in [3.8, 4) is 0 Å². The summed E-state index contributed by atoms with van der Waals surface area (Å²) >= 11 is 0. The second-order valence-electron chi connectivity index (χ2n) is 2.90. The van der Waals surface area contributed by atoms with Crippen LogP contribution < -0.4 is 34.0 Å². The minimum Gasteiger partial charge on any atom is -1.00 e. The van der Waals surface area contributed by atoms with Gasteiger partial charge in [0.1, 0.15) is 0 Å². The zero-order chi connectivity index (χ0) is 7.68. The second-order valence-corrected chi connectivity index (χ2v) is 2.90. The average molecular weight is 482 g/mol. The molecule has 0 bridgehead atoms. The van der Waals surface area contributed by atoms with Crippen molar-refractivity contribution >= 4 is 6.08 Å². The molecule has 1 atom stereocenters. The third kappa shape index (κ3) is 3.42. The van der Waals surface area contributed by atoms with E-state index in [-0.39, 0.29) is 59.8 Å². The number of hydrogen-bond acceptors (Lipinski definition) is 0. The predicted octanol–water partition coefficient (Wildman–Crippen LogP) is -2.98. The van der Waals surface area contributed by atoms with Crippen LogP contribution in [-0.2, 0) is 25.8 Å². The Morgan fingerprint density at radius 2 is 1.86 bits per heavy atom. The van der Waals surface area contributed by atoms with E-state index in [0.717, 1.165) is 6.42 Å². The summed E-state index contributed by atoms with van der Waals surface area (Å²) in [6.07, 6.45) is 6.61. The number of allylic oxidation sites excluding steroid dienone is 1. The van der Waals surface area contributed by atoms with E-state index < -0.39 is 0 Å². The van der Waals surface area contributed by atoms with Crippen LogP contribution in [0.4, 0.5) is 0 Å². The van der Waals surface area contributed by atoms with E-state index >= 15 is 0 Å². The molecule has 14 heavy (non-hydrogen) atoms. The SMILES string of the molecule is CCC1[C-]=Cc2ccccc21.[Br-].[Br-].[Hf]. The molecule has 0 radical (unpaired) electrons. The fourth-order valence-corrected chi connectivity index (χ4v) is 1.58. The van der Waals surface area contributed by atoms with Crippen molar-refractivity contribution in [2.24, 2.45) is 0 Å². The summed E-state index contributed by atoms with van der Waals surface area (Å²) < 4.78 is 0. The van der Waals surface area contributed by atoms with Gasteiger partial charge in [-0.25, -0.2) is 6.08 Å². The molecule has 1 aliphatic rings. The third-order valence-electron chi connectivity index (χ3n) is 2.22. The molecule has 0 N–H and O–H groups in total. The predicted molar refractivity (Wildman–Crippen MR) is 47.2 cm³/mol. The Balaban J connectivity index is 0. The standard InChI is InChI=1S/C11H11.2BrH.Hf/c1-2-9-7-8-10-5-3-4-6-11(9)10;;;/h3-6,8-9H,2H2,1H3;2*1H;/q-1;;;/p-2. The smallest absolute Gasteiger partial charge is 0 e. The summed E-state index contributed by atoms with van der Waals surface area (Å²) in [5.74, 6) is 0.547. The molecule has 0 aromatic heterocycles. The van der Waals surface area contributed by atoms with Gasteiger partial charge in [-0.05, 0) is 0 Å². The number of fused-ring (bicyclic) bond motifs is 1. The Morgan fingerprint density at radius 3 is 2.50 bits per heavy atom. The molecule has 0 fully saturated rings. The topological polar surface area (TPSA) is 0 Å². The van der Waals surface area contributed by atoms with Gasteiger partial charge in [-0.3, -0.25) is 6.08 Å². The summed E-state index contributed by atoms with van der Waals surface area (Å²) in [5, 5.41) is 0. The summed E-state index contributed by atoms with van der Waals surface area (Å²) in [5.41, 5.74) is 2.79.